The van der Waals surface area contributed by atoms with Crippen molar-refractivity contribution >= 4 is 16.9 Å². The Morgan fingerprint density at radius 3 is 2.60 bits per heavy atom. The van der Waals surface area contributed by atoms with Crippen LogP contribution in [0.4, 0.5) is 0 Å². The van der Waals surface area contributed by atoms with Crippen molar-refractivity contribution in [3.8, 4) is 0 Å². The van der Waals surface area contributed by atoms with Gasteiger partial charge in [-0.1, -0.05) is 31.0 Å². The highest BCUT2D eigenvalue weighted by Crippen LogP contribution is 2.29. The van der Waals surface area contributed by atoms with Crippen molar-refractivity contribution in [2.75, 3.05) is 33.3 Å². The number of carbonyl (C=O) groups excluding carboxylic acids is 1. The normalized spacial score (nSPS) is 19.8. The number of ether oxygens (including phenoxy) is 1. The lowest BCUT2D eigenvalue weighted by molar-refractivity contribution is 0.0542. The number of rotatable bonds is 4. The summed E-state index contributed by atoms with van der Waals surface area (Å²) in [4.78, 5) is 17.5. The summed E-state index contributed by atoms with van der Waals surface area (Å²) in [6.07, 6.45) is 5.33. The number of benzene rings is 1. The van der Waals surface area contributed by atoms with Crippen LogP contribution in [-0.4, -0.2) is 55.0 Å². The largest absolute Gasteiger partial charge is 0.451 e. The highest BCUT2D eigenvalue weighted by molar-refractivity contribution is 5.99. The highest BCUT2D eigenvalue weighted by Gasteiger charge is 2.30. The number of hydrogen-bond donors (Lipinski definition) is 0. The fourth-order valence-electron chi connectivity index (χ4n) is 4.26. The van der Waals surface area contributed by atoms with Crippen LogP contribution >= 0.6 is 0 Å². The van der Waals surface area contributed by atoms with Crippen molar-refractivity contribution in [3.05, 3.63) is 35.6 Å². The predicted molar refractivity (Wildman–Crippen MR) is 96.7 cm³/mol. The lowest BCUT2D eigenvalue weighted by Crippen LogP contribution is -2.51. The molecule has 25 heavy (non-hydrogen) atoms. The van der Waals surface area contributed by atoms with Crippen molar-refractivity contribution in [2.45, 2.75) is 38.3 Å². The zero-order valence-corrected chi connectivity index (χ0v) is 14.9. The van der Waals surface area contributed by atoms with E-state index in [1.165, 1.54) is 25.7 Å². The molecule has 0 unspecified atom stereocenters. The van der Waals surface area contributed by atoms with E-state index < -0.39 is 0 Å². The molecule has 0 bridgehead atoms. The Morgan fingerprint density at radius 1 is 1.16 bits per heavy atom. The first-order valence-electron chi connectivity index (χ1n) is 9.30. The van der Waals surface area contributed by atoms with E-state index in [0.29, 0.717) is 12.4 Å². The maximum Gasteiger partial charge on any atom is 0.290 e. The summed E-state index contributed by atoms with van der Waals surface area (Å²) >= 11 is 0. The Kier molecular flexibility index (Phi) is 4.77. The topological polar surface area (TPSA) is 45.9 Å². The van der Waals surface area contributed by atoms with Gasteiger partial charge in [-0.25, -0.2) is 0 Å². The molecular weight excluding hydrogens is 316 g/mol. The van der Waals surface area contributed by atoms with Gasteiger partial charge < -0.3 is 14.1 Å². The third kappa shape index (κ3) is 3.18. The van der Waals surface area contributed by atoms with Crippen molar-refractivity contribution < 1.29 is 13.9 Å². The number of hydrogen-bond acceptors (Lipinski definition) is 4. The first-order valence-corrected chi connectivity index (χ1v) is 9.30. The van der Waals surface area contributed by atoms with E-state index in [2.05, 4.69) is 4.90 Å². The maximum atomic E-state index is 13.1. The Labute approximate surface area is 148 Å². The molecule has 2 aliphatic rings. The average molecular weight is 342 g/mol. The molecule has 1 aromatic carbocycles. The predicted octanol–water partition coefficient (Wildman–Crippen LogP) is 3.28. The van der Waals surface area contributed by atoms with Gasteiger partial charge in [-0.2, -0.15) is 0 Å². The van der Waals surface area contributed by atoms with E-state index in [0.717, 1.165) is 48.8 Å². The van der Waals surface area contributed by atoms with Gasteiger partial charge in [0.15, 0.2) is 5.76 Å². The monoisotopic (exact) mass is 342 g/mol. The smallest absolute Gasteiger partial charge is 0.290 e. The molecule has 0 radical (unpaired) electrons. The van der Waals surface area contributed by atoms with Crippen LogP contribution in [0, 0.1) is 0 Å². The van der Waals surface area contributed by atoms with Crippen LogP contribution in [0.2, 0.25) is 0 Å². The number of carbonyl (C=O) groups is 1. The molecule has 5 heteroatoms. The van der Waals surface area contributed by atoms with Crippen molar-refractivity contribution in [1.82, 2.24) is 9.80 Å². The molecule has 2 fully saturated rings. The van der Waals surface area contributed by atoms with E-state index >= 15 is 0 Å². The SMILES string of the molecule is COCc1c(C(=O)N2CCN(C3CCCC3)CC2)oc2ccccc12. The Balaban J connectivity index is 1.51. The zero-order valence-electron chi connectivity index (χ0n) is 14.9. The molecule has 2 heterocycles. The summed E-state index contributed by atoms with van der Waals surface area (Å²) < 4.78 is 11.2. The second kappa shape index (κ2) is 7.18. The second-order valence-electron chi connectivity index (χ2n) is 7.11. The summed E-state index contributed by atoms with van der Waals surface area (Å²) in [6, 6.07) is 8.51. The van der Waals surface area contributed by atoms with Gasteiger partial charge >= 0.3 is 0 Å². The second-order valence-corrected chi connectivity index (χ2v) is 7.11. The van der Waals surface area contributed by atoms with E-state index in [1.54, 1.807) is 7.11 Å². The minimum absolute atomic E-state index is 0.00526. The third-order valence-corrected chi connectivity index (χ3v) is 5.62. The van der Waals surface area contributed by atoms with Crippen LogP contribution in [-0.2, 0) is 11.3 Å². The highest BCUT2D eigenvalue weighted by atomic mass is 16.5. The van der Waals surface area contributed by atoms with Crippen molar-refractivity contribution in [3.63, 3.8) is 0 Å². The first-order chi connectivity index (χ1) is 12.3. The molecule has 1 aliphatic heterocycles. The van der Waals surface area contributed by atoms with E-state index in [4.69, 9.17) is 9.15 Å². The zero-order chi connectivity index (χ0) is 17.2. The summed E-state index contributed by atoms with van der Waals surface area (Å²) in [7, 11) is 1.65. The van der Waals surface area contributed by atoms with Crippen molar-refractivity contribution in [1.29, 1.82) is 0 Å². The van der Waals surface area contributed by atoms with Gasteiger partial charge in [-0.15, -0.1) is 0 Å². The number of furan rings is 1. The molecule has 1 saturated heterocycles. The molecule has 0 spiro atoms. The molecule has 1 saturated carbocycles. The lowest BCUT2D eigenvalue weighted by atomic mass is 10.1. The number of methoxy groups -OCH3 is 1. The van der Waals surface area contributed by atoms with Gasteiger partial charge in [0.25, 0.3) is 5.91 Å². The molecule has 2 aromatic rings. The minimum Gasteiger partial charge on any atom is -0.451 e. The van der Waals surface area contributed by atoms with Crippen LogP contribution in [0.15, 0.2) is 28.7 Å². The fraction of sp³-hybridized carbons (Fsp3) is 0.550. The van der Waals surface area contributed by atoms with Crippen molar-refractivity contribution in [2.24, 2.45) is 0 Å². The maximum absolute atomic E-state index is 13.1. The fourth-order valence-corrected chi connectivity index (χ4v) is 4.26. The molecule has 134 valence electrons. The van der Waals surface area contributed by atoms with Crippen LogP contribution < -0.4 is 0 Å². The minimum atomic E-state index is -0.00526. The molecule has 1 amide bonds. The first kappa shape index (κ1) is 16.6. The van der Waals surface area contributed by atoms with Gasteiger partial charge in [0.05, 0.1) is 6.61 Å². The van der Waals surface area contributed by atoms with Crippen LogP contribution in [0.1, 0.15) is 41.8 Å². The molecule has 0 atom stereocenters. The summed E-state index contributed by atoms with van der Waals surface area (Å²) in [5, 5.41) is 0.970. The number of amides is 1. The molecular formula is C20H26N2O3. The van der Waals surface area contributed by atoms with E-state index in [1.807, 2.05) is 29.2 Å². The third-order valence-electron chi connectivity index (χ3n) is 5.62. The van der Waals surface area contributed by atoms with Gasteiger partial charge in [0.2, 0.25) is 0 Å². The molecule has 4 rings (SSSR count). The number of para-hydroxylation sites is 1. The molecule has 5 nitrogen and oxygen atoms in total. The summed E-state index contributed by atoms with van der Waals surface area (Å²) in [6.45, 7) is 3.88. The lowest BCUT2D eigenvalue weighted by Gasteiger charge is -2.37. The number of fused-ring (bicyclic) bond motifs is 1. The van der Waals surface area contributed by atoms with E-state index in [-0.39, 0.29) is 5.91 Å². The van der Waals surface area contributed by atoms with E-state index in [9.17, 15) is 4.79 Å². The molecule has 1 aliphatic carbocycles. The number of nitrogens with zero attached hydrogens (tertiary/aromatic N) is 2. The Bertz CT molecular complexity index is 740. The standard InChI is InChI=1S/C20H26N2O3/c1-24-14-17-16-8-4-5-9-18(16)25-19(17)20(23)22-12-10-21(11-13-22)15-6-2-3-7-15/h4-5,8-9,15H,2-3,6-7,10-14H2,1H3. The van der Waals surface area contributed by atoms with Gasteiger partial charge in [0, 0.05) is 50.3 Å². The van der Waals surface area contributed by atoms with Crippen LogP contribution in [0.25, 0.3) is 11.0 Å². The quantitative estimate of drug-likeness (QED) is 0.855. The Morgan fingerprint density at radius 2 is 1.88 bits per heavy atom. The van der Waals surface area contributed by atoms with Gasteiger partial charge in [-0.05, 0) is 18.9 Å². The number of piperazine rings is 1. The Hall–Kier alpha value is -1.85. The summed E-state index contributed by atoms with van der Waals surface area (Å²) in [5.74, 6) is 0.437. The van der Waals surface area contributed by atoms with Gasteiger partial charge in [0.1, 0.15) is 5.58 Å². The summed E-state index contributed by atoms with van der Waals surface area (Å²) in [5.41, 5.74) is 1.61. The van der Waals surface area contributed by atoms with Crippen LogP contribution in [0.5, 0.6) is 0 Å². The molecule has 0 N–H and O–H groups in total. The van der Waals surface area contributed by atoms with Gasteiger partial charge in [-0.3, -0.25) is 9.69 Å². The van der Waals surface area contributed by atoms with Crippen LogP contribution in [0.3, 0.4) is 0 Å². The average Bonchev–Trinajstić information content (AvgIpc) is 3.30. The molecule has 1 aromatic heterocycles.